The van der Waals surface area contributed by atoms with E-state index in [1.54, 1.807) is 31.5 Å². The first-order valence-corrected chi connectivity index (χ1v) is 7.55. The van der Waals surface area contributed by atoms with E-state index >= 15 is 0 Å². The lowest BCUT2D eigenvalue weighted by Gasteiger charge is -2.28. The van der Waals surface area contributed by atoms with Gasteiger partial charge in [-0.25, -0.2) is 9.59 Å². The topological polar surface area (TPSA) is 117 Å². The van der Waals surface area contributed by atoms with E-state index in [2.05, 4.69) is 26.8 Å². The number of anilines is 1. The molecule has 1 atom stereocenters. The van der Waals surface area contributed by atoms with Crippen molar-refractivity contribution < 1.29 is 9.53 Å². The third kappa shape index (κ3) is 3.01. The number of hydrogen-bond acceptors (Lipinski definition) is 6. The Balaban J connectivity index is 2.23. The Morgan fingerprint density at radius 1 is 1.40 bits per heavy atom. The summed E-state index contributed by atoms with van der Waals surface area (Å²) in [6.45, 7) is 5.24. The molecule has 2 aromatic heterocycles. The molecule has 0 radical (unpaired) electrons. The number of pyridine rings is 1. The number of allylic oxidation sites excluding steroid dienone is 1. The summed E-state index contributed by atoms with van der Waals surface area (Å²) in [4.78, 5) is 45.4. The molecule has 25 heavy (non-hydrogen) atoms. The highest BCUT2D eigenvalue weighted by molar-refractivity contribution is 5.94. The van der Waals surface area contributed by atoms with Crippen molar-refractivity contribution in [2.75, 3.05) is 11.9 Å². The highest BCUT2D eigenvalue weighted by Crippen LogP contribution is 2.38. The van der Waals surface area contributed by atoms with Crippen LogP contribution in [0.5, 0.6) is 0 Å². The molecule has 0 unspecified atom stereocenters. The van der Waals surface area contributed by atoms with Crippen LogP contribution in [0.15, 0.2) is 58.0 Å². The molecule has 0 bridgehead atoms. The zero-order valence-electron chi connectivity index (χ0n) is 13.5. The minimum atomic E-state index is -0.720. The lowest BCUT2D eigenvalue weighted by atomic mass is 9.83. The quantitative estimate of drug-likeness (QED) is 0.565. The lowest BCUT2D eigenvalue weighted by Crippen LogP contribution is -2.35. The van der Waals surface area contributed by atoms with E-state index in [9.17, 15) is 14.4 Å². The van der Waals surface area contributed by atoms with Gasteiger partial charge in [0.1, 0.15) is 12.4 Å². The molecule has 0 saturated carbocycles. The second kappa shape index (κ2) is 6.60. The maximum atomic E-state index is 12.6. The SMILES string of the molecule is C=CCOC(=O)C1=C(C)Nc2[nH]c(=O)[nH]c(=O)c2[C@@H]1c1cccnc1. The number of hydrogen-bond donors (Lipinski definition) is 3. The highest BCUT2D eigenvalue weighted by Gasteiger charge is 2.36. The average molecular weight is 340 g/mol. The van der Waals surface area contributed by atoms with E-state index in [-0.39, 0.29) is 23.6 Å². The Hall–Kier alpha value is -3.42. The van der Waals surface area contributed by atoms with Crippen LogP contribution in [0.1, 0.15) is 24.0 Å². The molecule has 0 fully saturated rings. The number of rotatable bonds is 4. The number of nitrogens with one attached hydrogen (secondary N) is 3. The van der Waals surface area contributed by atoms with Gasteiger partial charge in [-0.3, -0.25) is 19.7 Å². The fourth-order valence-electron chi connectivity index (χ4n) is 2.85. The number of H-pyrrole nitrogens is 2. The molecule has 1 aliphatic heterocycles. The fraction of sp³-hybridized carbons (Fsp3) is 0.176. The minimum absolute atomic E-state index is 0.0458. The predicted molar refractivity (Wildman–Crippen MR) is 91.2 cm³/mol. The standard InChI is InChI=1S/C17H16N4O4/c1-3-7-25-16(23)11-9(2)19-14-13(15(22)21-17(24)20-14)12(11)10-5-4-6-18-8-10/h3-6,8,12H,1,7H2,2H3,(H3,19,20,21,22,24)/t12-/m1/s1. The summed E-state index contributed by atoms with van der Waals surface area (Å²) in [5.74, 6) is -1.04. The monoisotopic (exact) mass is 340 g/mol. The average Bonchev–Trinajstić information content (AvgIpc) is 2.59. The molecule has 2 aromatic rings. The van der Waals surface area contributed by atoms with Crippen molar-refractivity contribution in [2.24, 2.45) is 0 Å². The zero-order valence-corrected chi connectivity index (χ0v) is 13.5. The van der Waals surface area contributed by atoms with Gasteiger partial charge in [0.15, 0.2) is 0 Å². The largest absolute Gasteiger partial charge is 0.458 e. The summed E-state index contributed by atoms with van der Waals surface area (Å²) in [7, 11) is 0. The van der Waals surface area contributed by atoms with Gasteiger partial charge in [-0.2, -0.15) is 0 Å². The Kier molecular flexibility index (Phi) is 4.34. The number of aromatic amines is 2. The normalized spacial score (nSPS) is 16.0. The van der Waals surface area contributed by atoms with Crippen LogP contribution in [0.25, 0.3) is 0 Å². The summed E-state index contributed by atoms with van der Waals surface area (Å²) in [5.41, 5.74) is 0.404. The molecular formula is C17H16N4O4. The second-order valence-electron chi connectivity index (χ2n) is 5.47. The molecule has 0 amide bonds. The van der Waals surface area contributed by atoms with Gasteiger partial charge in [0, 0.05) is 18.1 Å². The Bertz CT molecular complexity index is 972. The van der Waals surface area contributed by atoms with Crippen LogP contribution < -0.4 is 16.6 Å². The number of carbonyl (C=O) groups is 1. The molecule has 0 aliphatic carbocycles. The smallest absolute Gasteiger partial charge is 0.337 e. The van der Waals surface area contributed by atoms with Crippen LogP contribution in [0.2, 0.25) is 0 Å². The summed E-state index contributed by atoms with van der Waals surface area (Å²) in [6, 6.07) is 3.46. The molecule has 3 rings (SSSR count). The van der Waals surface area contributed by atoms with Crippen LogP contribution >= 0.6 is 0 Å². The van der Waals surface area contributed by atoms with Crippen molar-refractivity contribution in [3.8, 4) is 0 Å². The number of nitrogens with zero attached hydrogens (tertiary/aromatic N) is 1. The van der Waals surface area contributed by atoms with E-state index in [0.29, 0.717) is 11.3 Å². The molecule has 8 nitrogen and oxygen atoms in total. The number of fused-ring (bicyclic) bond motifs is 1. The number of esters is 1. The van der Waals surface area contributed by atoms with Gasteiger partial charge in [0.2, 0.25) is 0 Å². The van der Waals surface area contributed by atoms with Crippen molar-refractivity contribution in [3.05, 3.63) is 80.4 Å². The third-order valence-corrected chi connectivity index (χ3v) is 3.84. The highest BCUT2D eigenvalue weighted by atomic mass is 16.5. The van der Waals surface area contributed by atoms with Crippen molar-refractivity contribution in [1.29, 1.82) is 0 Å². The van der Waals surface area contributed by atoms with Crippen LogP contribution in [-0.4, -0.2) is 27.5 Å². The van der Waals surface area contributed by atoms with E-state index in [4.69, 9.17) is 4.74 Å². The Morgan fingerprint density at radius 3 is 2.88 bits per heavy atom. The maximum Gasteiger partial charge on any atom is 0.337 e. The van der Waals surface area contributed by atoms with Gasteiger partial charge in [-0.15, -0.1) is 0 Å². The van der Waals surface area contributed by atoms with Gasteiger partial charge in [0.25, 0.3) is 5.56 Å². The number of aromatic nitrogens is 3. The van der Waals surface area contributed by atoms with Crippen LogP contribution in [0.4, 0.5) is 5.82 Å². The first-order chi connectivity index (χ1) is 12.0. The summed E-state index contributed by atoms with van der Waals surface area (Å²) < 4.78 is 5.17. The molecule has 1 aliphatic rings. The van der Waals surface area contributed by atoms with Gasteiger partial charge in [-0.1, -0.05) is 18.7 Å². The molecule has 0 spiro atoms. The first kappa shape index (κ1) is 16.4. The summed E-state index contributed by atoms with van der Waals surface area (Å²) in [5, 5.41) is 2.91. The maximum absolute atomic E-state index is 12.6. The van der Waals surface area contributed by atoms with Crippen molar-refractivity contribution >= 4 is 11.8 Å². The fourth-order valence-corrected chi connectivity index (χ4v) is 2.85. The zero-order chi connectivity index (χ0) is 18.0. The van der Waals surface area contributed by atoms with Gasteiger partial charge in [-0.05, 0) is 18.6 Å². The van der Waals surface area contributed by atoms with Crippen LogP contribution in [0.3, 0.4) is 0 Å². The number of ether oxygens (including phenoxy) is 1. The van der Waals surface area contributed by atoms with Crippen LogP contribution in [0, 0.1) is 0 Å². The summed E-state index contributed by atoms with van der Waals surface area (Å²) >= 11 is 0. The van der Waals surface area contributed by atoms with Gasteiger partial charge < -0.3 is 10.1 Å². The minimum Gasteiger partial charge on any atom is -0.458 e. The van der Waals surface area contributed by atoms with E-state index < -0.39 is 23.1 Å². The molecule has 0 aromatic carbocycles. The van der Waals surface area contributed by atoms with E-state index in [1.807, 2.05) is 0 Å². The Labute approximate surface area is 142 Å². The predicted octanol–water partition coefficient (Wildman–Crippen LogP) is 1.02. The van der Waals surface area contributed by atoms with Gasteiger partial charge in [0.05, 0.1) is 17.1 Å². The molecular weight excluding hydrogens is 324 g/mol. The van der Waals surface area contributed by atoms with Crippen molar-refractivity contribution in [1.82, 2.24) is 15.0 Å². The molecule has 0 saturated heterocycles. The molecule has 3 N–H and O–H groups in total. The second-order valence-corrected chi connectivity index (χ2v) is 5.47. The molecule has 8 heteroatoms. The van der Waals surface area contributed by atoms with E-state index in [0.717, 1.165) is 0 Å². The van der Waals surface area contributed by atoms with E-state index in [1.165, 1.54) is 6.08 Å². The van der Waals surface area contributed by atoms with Crippen LogP contribution in [-0.2, 0) is 9.53 Å². The number of carbonyl (C=O) groups excluding carboxylic acids is 1. The molecule has 3 heterocycles. The lowest BCUT2D eigenvalue weighted by molar-refractivity contribution is -0.138. The summed E-state index contributed by atoms with van der Waals surface area (Å²) in [6.07, 6.45) is 4.62. The van der Waals surface area contributed by atoms with Crippen molar-refractivity contribution in [3.63, 3.8) is 0 Å². The third-order valence-electron chi connectivity index (χ3n) is 3.84. The molecule has 128 valence electrons. The Morgan fingerprint density at radius 2 is 2.20 bits per heavy atom. The van der Waals surface area contributed by atoms with Gasteiger partial charge >= 0.3 is 11.7 Å². The van der Waals surface area contributed by atoms with Crippen molar-refractivity contribution in [2.45, 2.75) is 12.8 Å². The first-order valence-electron chi connectivity index (χ1n) is 7.55.